The van der Waals surface area contributed by atoms with Gasteiger partial charge in [-0.25, -0.2) is 4.79 Å². The first kappa shape index (κ1) is 17.1. The highest BCUT2D eigenvalue weighted by molar-refractivity contribution is 5.77. The lowest BCUT2D eigenvalue weighted by molar-refractivity contribution is -0.141. The summed E-state index contributed by atoms with van der Waals surface area (Å²) < 4.78 is 5.59. The van der Waals surface area contributed by atoms with E-state index in [0.717, 1.165) is 5.75 Å². The first-order chi connectivity index (χ1) is 11.0. The first-order valence-corrected chi connectivity index (χ1v) is 7.95. The fourth-order valence-corrected chi connectivity index (χ4v) is 2.53. The van der Waals surface area contributed by atoms with Gasteiger partial charge in [0.25, 0.3) is 0 Å². The fourth-order valence-electron chi connectivity index (χ4n) is 2.53. The number of benzene rings is 1. The Kier molecular flexibility index (Phi) is 5.84. The molecule has 6 nitrogen and oxygen atoms in total. The Morgan fingerprint density at radius 2 is 2.04 bits per heavy atom. The van der Waals surface area contributed by atoms with Crippen LogP contribution in [0.3, 0.4) is 0 Å². The number of carboxylic acids is 1. The quantitative estimate of drug-likeness (QED) is 0.788. The van der Waals surface area contributed by atoms with Crippen LogP contribution in [0.15, 0.2) is 24.3 Å². The molecule has 2 amide bonds. The van der Waals surface area contributed by atoms with E-state index in [4.69, 9.17) is 9.84 Å². The SMILES string of the molecule is CC(C)c1ccc(OCCNC(=O)N2CCC(C(=O)O)C2)cc1. The highest BCUT2D eigenvalue weighted by atomic mass is 16.5. The maximum absolute atomic E-state index is 11.9. The van der Waals surface area contributed by atoms with Gasteiger partial charge in [0.05, 0.1) is 12.5 Å². The van der Waals surface area contributed by atoms with Crippen LogP contribution in [0, 0.1) is 5.92 Å². The second-order valence-corrected chi connectivity index (χ2v) is 6.07. The zero-order chi connectivity index (χ0) is 16.8. The molecule has 0 bridgehead atoms. The van der Waals surface area contributed by atoms with Gasteiger partial charge >= 0.3 is 12.0 Å². The van der Waals surface area contributed by atoms with E-state index in [1.165, 1.54) is 10.5 Å². The second kappa shape index (κ2) is 7.85. The molecule has 0 radical (unpaired) electrons. The Bertz CT molecular complexity index is 542. The Balaban J connectivity index is 1.67. The van der Waals surface area contributed by atoms with E-state index in [0.29, 0.717) is 32.0 Å². The number of hydrogen-bond acceptors (Lipinski definition) is 3. The van der Waals surface area contributed by atoms with Gasteiger partial charge in [0.1, 0.15) is 12.4 Å². The molecule has 0 aliphatic carbocycles. The molecule has 1 aliphatic rings. The predicted octanol–water partition coefficient (Wildman–Crippen LogP) is 2.30. The number of rotatable bonds is 6. The van der Waals surface area contributed by atoms with Crippen molar-refractivity contribution in [2.75, 3.05) is 26.2 Å². The molecule has 6 heteroatoms. The summed E-state index contributed by atoms with van der Waals surface area (Å²) >= 11 is 0. The summed E-state index contributed by atoms with van der Waals surface area (Å²) in [5.74, 6) is -0.0286. The second-order valence-electron chi connectivity index (χ2n) is 6.07. The molecule has 126 valence electrons. The van der Waals surface area contributed by atoms with E-state index < -0.39 is 11.9 Å². The van der Waals surface area contributed by atoms with Gasteiger partial charge in [0.2, 0.25) is 0 Å². The van der Waals surface area contributed by atoms with Gasteiger partial charge in [0.15, 0.2) is 0 Å². The standard InChI is InChI=1S/C17H24N2O4/c1-12(2)13-3-5-15(6-4-13)23-10-8-18-17(22)19-9-7-14(11-19)16(20)21/h3-6,12,14H,7-11H2,1-2H3,(H,18,22)(H,20,21). The average Bonchev–Trinajstić information content (AvgIpc) is 3.02. The van der Waals surface area contributed by atoms with E-state index in [9.17, 15) is 9.59 Å². The van der Waals surface area contributed by atoms with E-state index in [1.807, 2.05) is 24.3 Å². The zero-order valence-electron chi connectivity index (χ0n) is 13.6. The average molecular weight is 320 g/mol. The lowest BCUT2D eigenvalue weighted by atomic mass is 10.0. The number of amides is 2. The molecule has 1 heterocycles. The van der Waals surface area contributed by atoms with E-state index >= 15 is 0 Å². The molecule has 2 N–H and O–H groups in total. The summed E-state index contributed by atoms with van der Waals surface area (Å²) in [5, 5.41) is 11.7. The van der Waals surface area contributed by atoms with Crippen molar-refractivity contribution in [3.8, 4) is 5.75 Å². The van der Waals surface area contributed by atoms with E-state index in [2.05, 4.69) is 19.2 Å². The van der Waals surface area contributed by atoms with Crippen LogP contribution in [-0.2, 0) is 4.79 Å². The number of nitrogens with one attached hydrogen (secondary N) is 1. The van der Waals surface area contributed by atoms with Crippen LogP contribution in [0.4, 0.5) is 4.79 Å². The third kappa shape index (κ3) is 4.87. The Morgan fingerprint density at radius 1 is 1.35 bits per heavy atom. The molecular formula is C17H24N2O4. The molecule has 1 atom stereocenters. The lowest BCUT2D eigenvalue weighted by Gasteiger charge is -2.17. The molecule has 2 rings (SSSR count). The summed E-state index contributed by atoms with van der Waals surface area (Å²) in [6, 6.07) is 7.70. The molecule has 1 aromatic carbocycles. The van der Waals surface area contributed by atoms with E-state index in [-0.39, 0.29) is 12.6 Å². The van der Waals surface area contributed by atoms with Crippen LogP contribution in [0.5, 0.6) is 5.75 Å². The summed E-state index contributed by atoms with van der Waals surface area (Å²) in [6.07, 6.45) is 0.515. The Labute approximate surface area is 136 Å². The molecule has 1 aliphatic heterocycles. The highest BCUT2D eigenvalue weighted by Crippen LogP contribution is 2.18. The van der Waals surface area contributed by atoms with Gasteiger partial charge in [-0.05, 0) is 30.0 Å². The van der Waals surface area contributed by atoms with Gasteiger partial charge in [-0.15, -0.1) is 0 Å². The molecule has 1 aromatic rings. The first-order valence-electron chi connectivity index (χ1n) is 7.95. The number of carboxylic acid groups (broad SMARTS) is 1. The molecule has 0 aromatic heterocycles. The van der Waals surface area contributed by atoms with Crippen LogP contribution in [0.25, 0.3) is 0 Å². The normalized spacial score (nSPS) is 17.3. The smallest absolute Gasteiger partial charge is 0.317 e. The lowest BCUT2D eigenvalue weighted by Crippen LogP contribution is -2.40. The number of carbonyl (C=O) groups excluding carboxylic acids is 1. The molecular weight excluding hydrogens is 296 g/mol. The number of carbonyl (C=O) groups is 2. The monoisotopic (exact) mass is 320 g/mol. The largest absolute Gasteiger partial charge is 0.492 e. The summed E-state index contributed by atoms with van der Waals surface area (Å²) in [7, 11) is 0. The van der Waals surface area contributed by atoms with Crippen molar-refractivity contribution < 1.29 is 19.4 Å². The molecule has 0 saturated carbocycles. The minimum atomic E-state index is -0.839. The zero-order valence-corrected chi connectivity index (χ0v) is 13.6. The number of urea groups is 1. The number of nitrogens with zero attached hydrogens (tertiary/aromatic N) is 1. The minimum absolute atomic E-state index is 0.229. The molecule has 23 heavy (non-hydrogen) atoms. The topological polar surface area (TPSA) is 78.9 Å². The van der Waals surface area contributed by atoms with Gasteiger partial charge in [-0.2, -0.15) is 0 Å². The van der Waals surface area contributed by atoms with E-state index in [1.54, 1.807) is 0 Å². The number of aliphatic carboxylic acids is 1. The van der Waals surface area contributed by atoms with Gasteiger partial charge < -0.3 is 20.1 Å². The van der Waals surface area contributed by atoms with Crippen molar-refractivity contribution >= 4 is 12.0 Å². The summed E-state index contributed by atoms with van der Waals surface area (Å²) in [6.45, 7) is 5.80. The summed E-state index contributed by atoms with van der Waals surface area (Å²) in [4.78, 5) is 24.3. The predicted molar refractivity (Wildman–Crippen MR) is 86.7 cm³/mol. The van der Waals surface area contributed by atoms with Crippen molar-refractivity contribution in [1.29, 1.82) is 0 Å². The van der Waals surface area contributed by atoms with Gasteiger partial charge in [-0.3, -0.25) is 4.79 Å². The molecule has 0 spiro atoms. The molecule has 1 fully saturated rings. The van der Waals surface area contributed by atoms with Crippen molar-refractivity contribution in [1.82, 2.24) is 10.2 Å². The maximum Gasteiger partial charge on any atom is 0.317 e. The van der Waals surface area contributed by atoms with Crippen molar-refractivity contribution in [3.63, 3.8) is 0 Å². The Hall–Kier alpha value is -2.24. The van der Waals surface area contributed by atoms with Crippen LogP contribution in [0.1, 0.15) is 31.7 Å². The Morgan fingerprint density at radius 3 is 2.61 bits per heavy atom. The fraction of sp³-hybridized carbons (Fsp3) is 0.529. The minimum Gasteiger partial charge on any atom is -0.492 e. The highest BCUT2D eigenvalue weighted by Gasteiger charge is 2.30. The molecule has 1 unspecified atom stereocenters. The van der Waals surface area contributed by atoms with Crippen LogP contribution >= 0.6 is 0 Å². The summed E-state index contributed by atoms with van der Waals surface area (Å²) in [5.41, 5.74) is 1.26. The third-order valence-corrected chi connectivity index (χ3v) is 4.02. The number of likely N-dealkylation sites (tertiary alicyclic amines) is 1. The third-order valence-electron chi connectivity index (χ3n) is 4.02. The molecule has 1 saturated heterocycles. The van der Waals surface area contributed by atoms with Crippen LogP contribution in [-0.4, -0.2) is 48.2 Å². The maximum atomic E-state index is 11.9. The van der Waals surface area contributed by atoms with Gasteiger partial charge in [0, 0.05) is 13.1 Å². The van der Waals surface area contributed by atoms with Crippen molar-refractivity contribution in [2.45, 2.75) is 26.2 Å². The van der Waals surface area contributed by atoms with Crippen LogP contribution in [0.2, 0.25) is 0 Å². The van der Waals surface area contributed by atoms with Crippen molar-refractivity contribution in [2.24, 2.45) is 5.92 Å². The number of ether oxygens (including phenoxy) is 1. The van der Waals surface area contributed by atoms with Gasteiger partial charge in [-0.1, -0.05) is 26.0 Å². The van der Waals surface area contributed by atoms with Crippen molar-refractivity contribution in [3.05, 3.63) is 29.8 Å². The number of hydrogen-bond donors (Lipinski definition) is 2. The van der Waals surface area contributed by atoms with Crippen LogP contribution < -0.4 is 10.1 Å².